The average molecular weight is 548 g/mol. The number of fused-ring (bicyclic) bond motifs is 1. The summed E-state index contributed by atoms with van der Waals surface area (Å²) < 4.78 is 2.14. The van der Waals surface area contributed by atoms with E-state index in [1.54, 1.807) is 21.6 Å². The predicted molar refractivity (Wildman–Crippen MR) is 160 cm³/mol. The minimum absolute atomic E-state index is 0.122. The third kappa shape index (κ3) is 5.55. The Hall–Kier alpha value is -3.01. The van der Waals surface area contributed by atoms with Crippen LogP contribution in [0.25, 0.3) is 11.7 Å². The van der Waals surface area contributed by atoms with E-state index in [9.17, 15) is 9.59 Å². The lowest BCUT2D eigenvalue weighted by molar-refractivity contribution is -0.122. The number of unbranched alkanes of at least 4 members (excludes halogenated alkanes) is 2. The average Bonchev–Trinajstić information content (AvgIpc) is 3.19. The number of aryl methyl sites for hydroxylation is 1. The molecular formula is C29H33N5O2S2. The highest BCUT2D eigenvalue weighted by Gasteiger charge is 2.33. The molecule has 0 N–H and O–H groups in total. The lowest BCUT2D eigenvalue weighted by Gasteiger charge is -2.36. The molecule has 0 saturated carbocycles. The summed E-state index contributed by atoms with van der Waals surface area (Å²) in [4.78, 5) is 38.8. The van der Waals surface area contributed by atoms with Crippen molar-refractivity contribution in [2.75, 3.05) is 37.6 Å². The van der Waals surface area contributed by atoms with Crippen LogP contribution in [0.4, 0.5) is 5.82 Å². The molecule has 9 heteroatoms. The van der Waals surface area contributed by atoms with Crippen LogP contribution in [0, 0.1) is 6.92 Å². The van der Waals surface area contributed by atoms with Gasteiger partial charge in [0.1, 0.15) is 15.8 Å². The Bertz CT molecular complexity index is 1430. The molecular weight excluding hydrogens is 514 g/mol. The second-order valence-electron chi connectivity index (χ2n) is 9.83. The van der Waals surface area contributed by atoms with Crippen molar-refractivity contribution >= 4 is 51.7 Å². The van der Waals surface area contributed by atoms with Crippen LogP contribution in [-0.2, 0) is 11.3 Å². The number of aromatic nitrogens is 2. The van der Waals surface area contributed by atoms with Gasteiger partial charge < -0.3 is 4.90 Å². The summed E-state index contributed by atoms with van der Waals surface area (Å²) in [6.07, 6.45) is 6.49. The van der Waals surface area contributed by atoms with Gasteiger partial charge in [0.05, 0.1) is 10.5 Å². The fraction of sp³-hybridized carbons (Fsp3) is 0.379. The van der Waals surface area contributed by atoms with Gasteiger partial charge in [-0.3, -0.25) is 23.8 Å². The third-order valence-corrected chi connectivity index (χ3v) is 8.50. The number of carbonyl (C=O) groups is 1. The second-order valence-corrected chi connectivity index (χ2v) is 11.5. The van der Waals surface area contributed by atoms with E-state index in [1.165, 1.54) is 17.3 Å². The molecule has 1 aromatic carbocycles. The summed E-state index contributed by atoms with van der Waals surface area (Å²) in [5.41, 5.74) is 3.14. The lowest BCUT2D eigenvalue weighted by Crippen LogP contribution is -2.47. The van der Waals surface area contributed by atoms with E-state index in [0.29, 0.717) is 32.8 Å². The summed E-state index contributed by atoms with van der Waals surface area (Å²) >= 11 is 6.80. The first-order valence-corrected chi connectivity index (χ1v) is 14.5. The van der Waals surface area contributed by atoms with Crippen LogP contribution in [0.3, 0.4) is 0 Å². The molecule has 0 atom stereocenters. The zero-order valence-electron chi connectivity index (χ0n) is 21.9. The highest BCUT2D eigenvalue weighted by atomic mass is 32.2. The van der Waals surface area contributed by atoms with Crippen molar-refractivity contribution in [3.05, 3.63) is 80.6 Å². The standard InChI is InChI=1S/C29H33N5O2S2/c1-3-4-8-13-34-28(36)24(38-29(34)37)19-23-26(30-25-21(2)10-9-14-33(25)27(23)35)32-17-15-31(16-18-32)20-22-11-6-5-7-12-22/h5-7,9-12,14,19H,3-4,8,13,15-18,20H2,1-2H3/b24-19+. The Morgan fingerprint density at radius 2 is 1.79 bits per heavy atom. The Balaban J connectivity index is 1.46. The van der Waals surface area contributed by atoms with E-state index in [2.05, 4.69) is 41.0 Å². The van der Waals surface area contributed by atoms with Gasteiger partial charge in [-0.25, -0.2) is 4.98 Å². The number of rotatable bonds is 8. The number of hydrogen-bond donors (Lipinski definition) is 0. The van der Waals surface area contributed by atoms with E-state index in [4.69, 9.17) is 17.2 Å². The van der Waals surface area contributed by atoms with Crippen molar-refractivity contribution < 1.29 is 4.79 Å². The first-order valence-electron chi connectivity index (χ1n) is 13.2. The van der Waals surface area contributed by atoms with Gasteiger partial charge in [-0.15, -0.1) is 0 Å². The van der Waals surface area contributed by atoms with Crippen molar-refractivity contribution in [3.63, 3.8) is 0 Å². The molecule has 1 amide bonds. The third-order valence-electron chi connectivity index (χ3n) is 7.12. The Labute approximate surface area is 233 Å². The largest absolute Gasteiger partial charge is 0.353 e. The summed E-state index contributed by atoms with van der Waals surface area (Å²) in [7, 11) is 0. The van der Waals surface area contributed by atoms with E-state index in [-0.39, 0.29) is 11.5 Å². The molecule has 198 valence electrons. The molecule has 2 aliphatic heterocycles. The van der Waals surface area contributed by atoms with Crippen molar-refractivity contribution in [1.29, 1.82) is 0 Å². The van der Waals surface area contributed by atoms with Gasteiger partial charge in [0, 0.05) is 45.5 Å². The molecule has 0 spiro atoms. The molecule has 2 fully saturated rings. The molecule has 0 aliphatic carbocycles. The summed E-state index contributed by atoms with van der Waals surface area (Å²) in [6.45, 7) is 8.83. The fourth-order valence-corrected chi connectivity index (χ4v) is 6.26. The minimum atomic E-state index is -0.170. The van der Waals surface area contributed by atoms with Crippen LogP contribution in [0.2, 0.25) is 0 Å². The van der Waals surface area contributed by atoms with Gasteiger partial charge in [-0.1, -0.05) is 80.1 Å². The number of thiocarbonyl (C=S) groups is 1. The van der Waals surface area contributed by atoms with Crippen LogP contribution in [0.5, 0.6) is 0 Å². The monoisotopic (exact) mass is 547 g/mol. The van der Waals surface area contributed by atoms with Crippen molar-refractivity contribution in [2.45, 2.75) is 39.7 Å². The number of anilines is 1. The van der Waals surface area contributed by atoms with Crippen molar-refractivity contribution in [3.8, 4) is 0 Å². The lowest BCUT2D eigenvalue weighted by atomic mass is 10.1. The smallest absolute Gasteiger partial charge is 0.267 e. The summed E-state index contributed by atoms with van der Waals surface area (Å²) in [5, 5.41) is 0. The topological polar surface area (TPSA) is 61.2 Å². The summed E-state index contributed by atoms with van der Waals surface area (Å²) in [5.74, 6) is 0.517. The number of piperazine rings is 1. The molecule has 7 nitrogen and oxygen atoms in total. The van der Waals surface area contributed by atoms with Crippen LogP contribution in [0.1, 0.15) is 42.9 Å². The van der Waals surface area contributed by atoms with Crippen molar-refractivity contribution in [1.82, 2.24) is 19.2 Å². The number of hydrogen-bond acceptors (Lipinski definition) is 7. The number of benzene rings is 1. The molecule has 2 saturated heterocycles. The number of nitrogens with zero attached hydrogens (tertiary/aromatic N) is 5. The zero-order chi connectivity index (χ0) is 26.6. The minimum Gasteiger partial charge on any atom is -0.353 e. The molecule has 3 aromatic rings. The number of thioether (sulfide) groups is 1. The maximum absolute atomic E-state index is 13.8. The molecule has 2 aromatic heterocycles. The quantitative estimate of drug-likeness (QED) is 0.230. The maximum atomic E-state index is 13.8. The molecule has 4 heterocycles. The number of carbonyl (C=O) groups excluding carboxylic acids is 1. The molecule has 38 heavy (non-hydrogen) atoms. The maximum Gasteiger partial charge on any atom is 0.267 e. The van der Waals surface area contributed by atoms with E-state index < -0.39 is 0 Å². The highest BCUT2D eigenvalue weighted by molar-refractivity contribution is 8.26. The summed E-state index contributed by atoms with van der Waals surface area (Å²) in [6, 6.07) is 14.3. The van der Waals surface area contributed by atoms with Gasteiger partial charge in [0.2, 0.25) is 0 Å². The first kappa shape index (κ1) is 26.6. The van der Waals surface area contributed by atoms with Gasteiger partial charge in [-0.05, 0) is 36.6 Å². The Kier molecular flexibility index (Phi) is 8.26. The van der Waals surface area contributed by atoms with Gasteiger partial charge >= 0.3 is 0 Å². The van der Waals surface area contributed by atoms with E-state index in [1.807, 2.05) is 25.1 Å². The SMILES string of the molecule is CCCCCN1C(=O)/C(=C\c2c(N3CCN(Cc4ccccc4)CC3)nc3c(C)cccn3c2=O)SC1=S. The number of pyridine rings is 1. The Morgan fingerprint density at radius 1 is 1.03 bits per heavy atom. The Morgan fingerprint density at radius 3 is 2.53 bits per heavy atom. The first-order chi connectivity index (χ1) is 18.5. The number of amides is 1. The van der Waals surface area contributed by atoms with Crippen LogP contribution >= 0.6 is 24.0 Å². The van der Waals surface area contributed by atoms with E-state index in [0.717, 1.165) is 57.5 Å². The highest BCUT2D eigenvalue weighted by Crippen LogP contribution is 2.34. The predicted octanol–water partition coefficient (Wildman–Crippen LogP) is 4.72. The van der Waals surface area contributed by atoms with Crippen LogP contribution < -0.4 is 10.5 Å². The fourth-order valence-electron chi connectivity index (χ4n) is 4.97. The van der Waals surface area contributed by atoms with Crippen LogP contribution in [-0.4, -0.2) is 62.1 Å². The van der Waals surface area contributed by atoms with E-state index >= 15 is 0 Å². The second kappa shape index (κ2) is 11.8. The molecule has 2 aliphatic rings. The molecule has 0 radical (unpaired) electrons. The molecule has 0 bridgehead atoms. The van der Waals surface area contributed by atoms with Crippen LogP contribution in [0.15, 0.2) is 58.4 Å². The normalized spacial score (nSPS) is 17.8. The molecule has 0 unspecified atom stereocenters. The van der Waals surface area contributed by atoms with Gasteiger partial charge in [0.25, 0.3) is 11.5 Å². The van der Waals surface area contributed by atoms with Gasteiger partial charge in [0.15, 0.2) is 0 Å². The molecule has 5 rings (SSSR count). The van der Waals surface area contributed by atoms with Gasteiger partial charge in [-0.2, -0.15) is 0 Å². The zero-order valence-corrected chi connectivity index (χ0v) is 23.6. The van der Waals surface area contributed by atoms with Crippen molar-refractivity contribution in [2.24, 2.45) is 0 Å².